The number of thioether (sulfide) groups is 1. The largest absolute Gasteiger partial charge is 0.461 e. The van der Waals surface area contributed by atoms with Gasteiger partial charge in [-0.1, -0.05) is 31.5 Å². The zero-order valence-electron chi connectivity index (χ0n) is 26.3. The number of esters is 1. The molecular weight excluding hydrogens is 613 g/mol. The van der Waals surface area contributed by atoms with Gasteiger partial charge in [-0.05, 0) is 76.0 Å². The molecule has 3 heterocycles. The van der Waals surface area contributed by atoms with E-state index in [2.05, 4.69) is 22.0 Å². The quantitative estimate of drug-likeness (QED) is 0.157. The van der Waals surface area contributed by atoms with Gasteiger partial charge in [-0.3, -0.25) is 9.36 Å². The summed E-state index contributed by atoms with van der Waals surface area (Å²) in [7, 11) is -1.79. The van der Waals surface area contributed by atoms with E-state index >= 15 is 0 Å². The summed E-state index contributed by atoms with van der Waals surface area (Å²) >= 11 is 1.67. The van der Waals surface area contributed by atoms with Crippen molar-refractivity contribution in [1.82, 2.24) is 14.6 Å². The van der Waals surface area contributed by atoms with E-state index in [-0.39, 0.29) is 18.0 Å². The molecule has 2 aliphatic heterocycles. The minimum absolute atomic E-state index is 0.0459. The van der Waals surface area contributed by atoms with Crippen LogP contribution in [0.25, 0.3) is 0 Å². The Balaban J connectivity index is 1.29. The van der Waals surface area contributed by atoms with Crippen LogP contribution in [0.1, 0.15) is 83.6 Å². The SMILES string of the molecule is CCC1CC=Nc2c(ncn2C2OC(C(C)OP(NC(CCSC)C(=O)OC3CCCCC3)Oc3ccccc3)CC2O)C1=N. The maximum Gasteiger partial charge on any atom is 0.323 e. The number of imidazole rings is 1. The Kier molecular flexibility index (Phi) is 12.4. The molecule has 2 fully saturated rings. The van der Waals surface area contributed by atoms with E-state index in [4.69, 9.17) is 23.9 Å². The van der Waals surface area contributed by atoms with Crippen LogP contribution in [-0.2, 0) is 18.8 Å². The van der Waals surface area contributed by atoms with Crippen LogP contribution in [-0.4, -0.2) is 75.0 Å². The highest BCUT2D eigenvalue weighted by Gasteiger charge is 2.42. The molecule has 13 heteroatoms. The first-order chi connectivity index (χ1) is 21.9. The van der Waals surface area contributed by atoms with Gasteiger partial charge < -0.3 is 29.0 Å². The lowest BCUT2D eigenvalue weighted by molar-refractivity contribution is -0.152. The second-order valence-corrected chi connectivity index (χ2v) is 14.0. The van der Waals surface area contributed by atoms with E-state index in [1.807, 2.05) is 49.7 Å². The van der Waals surface area contributed by atoms with E-state index in [0.29, 0.717) is 42.2 Å². The van der Waals surface area contributed by atoms with Gasteiger partial charge in [0, 0.05) is 18.6 Å². The number of nitrogens with zero attached hydrogens (tertiary/aromatic N) is 3. The number of fused-ring (bicyclic) bond motifs is 1. The number of para-hydroxylation sites is 1. The Labute approximate surface area is 271 Å². The molecule has 3 N–H and O–H groups in total. The summed E-state index contributed by atoms with van der Waals surface area (Å²) in [5, 5.41) is 23.1. The summed E-state index contributed by atoms with van der Waals surface area (Å²) in [5.74, 6) is 1.70. The number of aromatic nitrogens is 2. The fraction of sp³-hybridized carbons (Fsp3) is 0.625. The predicted molar refractivity (Wildman–Crippen MR) is 178 cm³/mol. The minimum Gasteiger partial charge on any atom is -0.461 e. The van der Waals surface area contributed by atoms with Gasteiger partial charge in [-0.2, -0.15) is 11.8 Å². The van der Waals surface area contributed by atoms with Gasteiger partial charge in [0.15, 0.2) is 12.0 Å². The van der Waals surface area contributed by atoms with Crippen LogP contribution in [0.5, 0.6) is 5.75 Å². The third-order valence-electron chi connectivity index (χ3n) is 8.63. The molecule has 1 saturated heterocycles. The van der Waals surface area contributed by atoms with Crippen LogP contribution in [0.3, 0.4) is 0 Å². The van der Waals surface area contributed by atoms with Crippen molar-refractivity contribution < 1.29 is 28.4 Å². The third kappa shape index (κ3) is 8.73. The predicted octanol–water partition coefficient (Wildman–Crippen LogP) is 6.33. The van der Waals surface area contributed by atoms with Gasteiger partial charge >= 0.3 is 14.5 Å². The van der Waals surface area contributed by atoms with Crippen molar-refractivity contribution in [3.05, 3.63) is 42.4 Å². The van der Waals surface area contributed by atoms with Crippen molar-refractivity contribution >= 4 is 44.0 Å². The lowest BCUT2D eigenvalue weighted by Gasteiger charge is -2.29. The molecule has 0 bridgehead atoms. The summed E-state index contributed by atoms with van der Waals surface area (Å²) in [4.78, 5) is 22.5. The highest BCUT2D eigenvalue weighted by atomic mass is 32.2. The lowest BCUT2D eigenvalue weighted by Crippen LogP contribution is -2.40. The van der Waals surface area contributed by atoms with Crippen LogP contribution in [0.15, 0.2) is 41.7 Å². The first kappa shape index (κ1) is 34.0. The molecule has 246 valence electrons. The number of aliphatic hydroxyl groups excluding tert-OH is 1. The second-order valence-electron chi connectivity index (χ2n) is 11.9. The van der Waals surface area contributed by atoms with Gasteiger partial charge in [-0.15, -0.1) is 0 Å². The Morgan fingerprint density at radius 1 is 1.27 bits per heavy atom. The molecule has 7 atom stereocenters. The summed E-state index contributed by atoms with van der Waals surface area (Å²) < 4.78 is 26.8. The normalized spacial score (nSPS) is 25.7. The molecule has 7 unspecified atom stereocenters. The molecule has 0 spiro atoms. The number of nitrogens with one attached hydrogen (secondary N) is 2. The van der Waals surface area contributed by atoms with Crippen molar-refractivity contribution in [2.75, 3.05) is 12.0 Å². The topological polar surface area (TPSA) is 140 Å². The van der Waals surface area contributed by atoms with E-state index in [1.165, 1.54) is 6.42 Å². The van der Waals surface area contributed by atoms with E-state index in [1.54, 1.807) is 22.7 Å². The van der Waals surface area contributed by atoms with Crippen molar-refractivity contribution in [1.29, 1.82) is 5.41 Å². The van der Waals surface area contributed by atoms with Crippen molar-refractivity contribution in [3.8, 4) is 5.75 Å². The monoisotopic (exact) mass is 659 g/mol. The Morgan fingerprint density at radius 3 is 2.78 bits per heavy atom. The number of ether oxygens (including phenoxy) is 2. The Morgan fingerprint density at radius 2 is 2.04 bits per heavy atom. The van der Waals surface area contributed by atoms with Crippen molar-refractivity contribution in [2.24, 2.45) is 10.9 Å². The maximum atomic E-state index is 13.4. The zero-order valence-corrected chi connectivity index (χ0v) is 28.1. The number of hydrogen-bond acceptors (Lipinski definition) is 11. The highest BCUT2D eigenvalue weighted by Crippen LogP contribution is 2.42. The van der Waals surface area contributed by atoms with Crippen LogP contribution in [0.2, 0.25) is 0 Å². The zero-order chi connectivity index (χ0) is 31.8. The van der Waals surface area contributed by atoms with Crippen LogP contribution >= 0.6 is 20.3 Å². The number of hydrogen-bond donors (Lipinski definition) is 3. The number of carbonyl (C=O) groups is 1. The van der Waals surface area contributed by atoms with Crippen molar-refractivity contribution in [3.63, 3.8) is 0 Å². The molecule has 1 saturated carbocycles. The number of aliphatic hydroxyl groups is 1. The molecule has 1 aromatic heterocycles. The molecule has 11 nitrogen and oxygen atoms in total. The van der Waals surface area contributed by atoms with Gasteiger partial charge in [0.25, 0.3) is 0 Å². The first-order valence-electron chi connectivity index (χ1n) is 16.0. The summed E-state index contributed by atoms with van der Waals surface area (Å²) in [6.07, 6.45) is 10.4. The van der Waals surface area contributed by atoms with Gasteiger partial charge in [0.05, 0.1) is 24.2 Å². The molecule has 1 aliphatic carbocycles. The van der Waals surface area contributed by atoms with Crippen LogP contribution in [0, 0.1) is 11.3 Å². The number of rotatable bonds is 14. The maximum absolute atomic E-state index is 13.4. The van der Waals surface area contributed by atoms with Crippen LogP contribution in [0.4, 0.5) is 5.82 Å². The standard InChI is InChI=1S/C32H46N5O6PS/c1-4-22-15-17-34-30-29(28(22)33)35-20-37(30)31-26(38)19-27(41-31)21(2)42-44(43-24-13-9-6-10-14-24)36-25(16-18-45-3)32(39)40-23-11-7-5-8-12-23/h6,9-10,13-14,17,20-23,25-27,31,33,36,38H,4-5,7-8,11-12,15-16,18-19H2,1-3H3. The van der Waals surface area contributed by atoms with E-state index in [9.17, 15) is 9.90 Å². The molecule has 0 amide bonds. The Bertz CT molecular complexity index is 1290. The first-order valence-corrected chi connectivity index (χ1v) is 18.6. The van der Waals surface area contributed by atoms with Gasteiger partial charge in [-0.25, -0.2) is 15.1 Å². The average molecular weight is 660 g/mol. The van der Waals surface area contributed by atoms with E-state index < -0.39 is 39.1 Å². The smallest absolute Gasteiger partial charge is 0.323 e. The molecular formula is C32H46N5O6PS. The van der Waals surface area contributed by atoms with Gasteiger partial charge in [0.1, 0.15) is 29.7 Å². The highest BCUT2D eigenvalue weighted by molar-refractivity contribution is 7.98. The number of aliphatic imine (C=N–C) groups is 1. The number of benzene rings is 1. The molecule has 5 rings (SSSR count). The number of carbonyl (C=O) groups excluding carboxylic acids is 1. The molecule has 2 aromatic rings. The van der Waals surface area contributed by atoms with Crippen LogP contribution < -0.4 is 9.61 Å². The molecule has 3 aliphatic rings. The molecule has 1 aromatic carbocycles. The summed E-state index contributed by atoms with van der Waals surface area (Å²) in [5.41, 5.74) is 0.983. The average Bonchev–Trinajstić information content (AvgIpc) is 3.60. The van der Waals surface area contributed by atoms with Crippen molar-refractivity contribution in [2.45, 2.75) is 108 Å². The van der Waals surface area contributed by atoms with Gasteiger partial charge in [0.2, 0.25) is 0 Å². The molecule has 45 heavy (non-hydrogen) atoms. The summed E-state index contributed by atoms with van der Waals surface area (Å²) in [6.45, 7) is 3.94. The Hall–Kier alpha value is -2.34. The molecule has 0 radical (unpaired) electrons. The summed E-state index contributed by atoms with van der Waals surface area (Å²) in [6, 6.07) is 8.78. The third-order valence-corrected chi connectivity index (χ3v) is 10.7. The second kappa shape index (κ2) is 16.5. The fourth-order valence-electron chi connectivity index (χ4n) is 5.94. The lowest BCUT2D eigenvalue weighted by atomic mass is 9.96. The minimum atomic E-state index is -1.79. The van der Waals surface area contributed by atoms with E-state index in [0.717, 1.165) is 37.9 Å². The fourth-order valence-corrected chi connectivity index (χ4v) is 7.81.